The van der Waals surface area contributed by atoms with Gasteiger partial charge in [0, 0.05) is 48.1 Å². The molecule has 4 saturated heterocycles. The molecule has 2 aromatic heterocycles. The Bertz CT molecular complexity index is 2240. The van der Waals surface area contributed by atoms with Gasteiger partial charge in [-0.3, -0.25) is 14.8 Å². The molecule has 2 aromatic carbocycles. The maximum atomic E-state index is 17.8. The van der Waals surface area contributed by atoms with E-state index >= 15 is 4.39 Å². The van der Waals surface area contributed by atoms with Crippen molar-refractivity contribution in [2.24, 2.45) is 0 Å². The van der Waals surface area contributed by atoms with Crippen molar-refractivity contribution < 1.29 is 27.5 Å². The number of carbonyl (C=O) groups excluding carboxylic acids is 1. The highest BCUT2D eigenvalue weighted by molar-refractivity contribution is 7.98. The zero-order valence-electron chi connectivity index (χ0n) is 37.0. The molecule has 0 spiro atoms. The molecule has 4 aliphatic heterocycles. The summed E-state index contributed by atoms with van der Waals surface area (Å²) in [5.74, 6) is 0.655. The highest BCUT2D eigenvalue weighted by atomic mass is 32.2. The fourth-order valence-corrected chi connectivity index (χ4v) is 17.1. The van der Waals surface area contributed by atoms with Crippen molar-refractivity contribution in [3.63, 3.8) is 0 Å². The number of ether oxygens (including phenoxy) is 2. The molecule has 6 heterocycles. The van der Waals surface area contributed by atoms with E-state index in [0.717, 1.165) is 47.9 Å². The number of pyridine rings is 1. The Hall–Kier alpha value is -3.75. The summed E-state index contributed by atoms with van der Waals surface area (Å²) < 4.78 is 52.1. The first-order valence-electron chi connectivity index (χ1n) is 21.9. The summed E-state index contributed by atoms with van der Waals surface area (Å²) in [6, 6.07) is 10.1. The van der Waals surface area contributed by atoms with Gasteiger partial charge in [0.15, 0.2) is 5.82 Å². The number of alkyl halides is 1. The van der Waals surface area contributed by atoms with Crippen LogP contribution in [0.3, 0.4) is 0 Å². The number of anilines is 1. The first-order valence-corrected chi connectivity index (χ1v) is 25.3. The predicted octanol–water partition coefficient (Wildman–Crippen LogP) is 10.8. The second-order valence-electron chi connectivity index (χ2n) is 19.5. The van der Waals surface area contributed by atoms with E-state index in [9.17, 15) is 9.18 Å². The number of nitrogens with zero attached hydrogens (tertiary/aromatic N) is 6. The average molecular weight is 861 g/mol. The van der Waals surface area contributed by atoms with Gasteiger partial charge in [0.2, 0.25) is 0 Å². The van der Waals surface area contributed by atoms with E-state index in [1.54, 1.807) is 18.0 Å². The first-order chi connectivity index (χ1) is 28.4. The normalized spacial score (nSPS) is 23.5. The van der Waals surface area contributed by atoms with Gasteiger partial charge in [0.25, 0.3) is 8.32 Å². The van der Waals surface area contributed by atoms with Crippen LogP contribution in [0.4, 0.5) is 19.4 Å². The molecule has 2 bridgehead atoms. The maximum Gasteiger partial charge on any atom is 0.410 e. The highest BCUT2D eigenvalue weighted by Gasteiger charge is 2.50. The van der Waals surface area contributed by atoms with Crippen LogP contribution in [0.2, 0.25) is 16.6 Å². The van der Waals surface area contributed by atoms with E-state index in [4.69, 9.17) is 28.9 Å². The summed E-state index contributed by atoms with van der Waals surface area (Å²) in [4.78, 5) is 35.3. The van der Waals surface area contributed by atoms with Crippen molar-refractivity contribution in [3.05, 3.63) is 42.3 Å². The number of hydrogen-bond acceptors (Lipinski definition) is 10. The number of benzene rings is 2. The Morgan fingerprint density at radius 1 is 1.02 bits per heavy atom. The fraction of sp³-hybridized carbons (Fsp3) is 0.609. The van der Waals surface area contributed by atoms with E-state index in [-0.39, 0.29) is 42.0 Å². The highest BCUT2D eigenvalue weighted by Crippen LogP contribution is 2.47. The van der Waals surface area contributed by atoms with Crippen LogP contribution in [0.1, 0.15) is 94.4 Å². The maximum absolute atomic E-state index is 17.8. The SMILES string of the molecule is CSc1cccc2cc(O[Si](C(C)C)(C(C)C)C(C)C)cc(-c3ncc4c(N5C[C@H]6CC[C@@H](C5)N6C(=O)OC(C)(C)C)nc(OCC56CCCN5CC(F)C6)nc4c3F)c12. The molecule has 4 fully saturated rings. The van der Waals surface area contributed by atoms with E-state index < -0.39 is 31.4 Å². The van der Waals surface area contributed by atoms with Crippen LogP contribution in [0.15, 0.2) is 41.4 Å². The van der Waals surface area contributed by atoms with Gasteiger partial charge in [-0.2, -0.15) is 9.97 Å². The summed E-state index contributed by atoms with van der Waals surface area (Å²) in [6.45, 7) is 21.6. The molecule has 0 N–H and O–H groups in total. The molecule has 0 radical (unpaired) electrons. The van der Waals surface area contributed by atoms with Crippen LogP contribution in [-0.4, -0.2) is 108 Å². The van der Waals surface area contributed by atoms with E-state index in [1.807, 2.05) is 44.1 Å². The Morgan fingerprint density at radius 3 is 2.37 bits per heavy atom. The summed E-state index contributed by atoms with van der Waals surface area (Å²) in [7, 11) is -2.38. The zero-order chi connectivity index (χ0) is 42.9. The number of fused-ring (bicyclic) bond motifs is 5. The Balaban J connectivity index is 1.25. The molecule has 4 atom stereocenters. The summed E-state index contributed by atoms with van der Waals surface area (Å²) in [6.07, 6.45) is 6.32. The van der Waals surface area contributed by atoms with Crippen LogP contribution in [-0.2, 0) is 4.74 Å². The van der Waals surface area contributed by atoms with E-state index in [0.29, 0.717) is 65.2 Å². The summed E-state index contributed by atoms with van der Waals surface area (Å²) in [5, 5.41) is 2.31. The minimum atomic E-state index is -2.38. The molecule has 324 valence electrons. The number of hydrogen-bond donors (Lipinski definition) is 0. The van der Waals surface area contributed by atoms with E-state index in [1.165, 1.54) is 0 Å². The number of halogens is 2. The third kappa shape index (κ3) is 7.60. The van der Waals surface area contributed by atoms with Crippen LogP contribution in [0.25, 0.3) is 32.9 Å². The number of thioether (sulfide) groups is 1. The van der Waals surface area contributed by atoms with Crippen molar-refractivity contribution >= 4 is 53.7 Å². The van der Waals surface area contributed by atoms with E-state index in [2.05, 4.69) is 69.5 Å². The number of rotatable bonds is 11. The molecule has 4 aliphatic rings. The molecule has 0 aliphatic carbocycles. The summed E-state index contributed by atoms with van der Waals surface area (Å²) >= 11 is 1.61. The fourth-order valence-electron chi connectivity index (χ4n) is 11.2. The molecule has 14 heteroatoms. The van der Waals surface area contributed by atoms with Gasteiger partial charge >= 0.3 is 12.1 Å². The lowest BCUT2D eigenvalue weighted by Gasteiger charge is -2.42. The molecule has 8 rings (SSSR count). The smallest absolute Gasteiger partial charge is 0.410 e. The molecule has 2 unspecified atom stereocenters. The van der Waals surface area contributed by atoms with Gasteiger partial charge in [-0.1, -0.05) is 53.7 Å². The molecule has 0 saturated carbocycles. The minimum Gasteiger partial charge on any atom is -0.543 e. The number of aromatic nitrogens is 3. The van der Waals surface area contributed by atoms with Crippen molar-refractivity contribution in [1.29, 1.82) is 0 Å². The molecule has 60 heavy (non-hydrogen) atoms. The van der Waals surface area contributed by atoms with Gasteiger partial charge in [-0.05, 0) is 99.5 Å². The van der Waals surface area contributed by atoms with Crippen molar-refractivity contribution in [2.75, 3.05) is 43.9 Å². The van der Waals surface area contributed by atoms with Gasteiger partial charge < -0.3 is 18.8 Å². The second kappa shape index (κ2) is 16.2. The Kier molecular flexibility index (Phi) is 11.6. The lowest BCUT2D eigenvalue weighted by molar-refractivity contribution is 0.0122. The quantitative estimate of drug-likeness (QED) is 0.107. The molecule has 1 amide bonds. The van der Waals surface area contributed by atoms with Gasteiger partial charge in [-0.15, -0.1) is 11.8 Å². The van der Waals surface area contributed by atoms with Crippen LogP contribution in [0.5, 0.6) is 11.8 Å². The molecular formula is C46H62F2N6O4SSi. The predicted molar refractivity (Wildman–Crippen MR) is 239 cm³/mol. The lowest BCUT2D eigenvalue weighted by Crippen LogP contribution is -2.57. The van der Waals surface area contributed by atoms with Crippen molar-refractivity contribution in [2.45, 2.75) is 145 Å². The Labute approximate surface area is 359 Å². The van der Waals surface area contributed by atoms with Gasteiger partial charge in [-0.25, -0.2) is 13.6 Å². The largest absolute Gasteiger partial charge is 0.543 e. The summed E-state index contributed by atoms with van der Waals surface area (Å²) in [5.41, 5.74) is 0.891. The third-order valence-electron chi connectivity index (χ3n) is 13.6. The van der Waals surface area contributed by atoms with Crippen LogP contribution < -0.4 is 14.1 Å². The Morgan fingerprint density at radius 2 is 1.72 bits per heavy atom. The standard InChI is InChI=1S/C46H62F2N6O4SSi/c1-27(2)60(28(3)4,29(5)6)58-34-19-30-13-11-14-37(59-10)38(30)35(20-34)40-39(48)41-36(22-49-40)42(51-43(50-41)56-26-46-17-12-18-53(46)23-31(47)21-46)52-24-32-15-16-33(25-52)54(32)44(55)57-45(7,8)9/h11,13-14,19-20,22,27-29,31-33H,12,15-18,21,23-26H2,1-10H3/t31?,32-,33+,46?. The first kappa shape index (κ1) is 42.9. The number of carbonyl (C=O) groups is 1. The topological polar surface area (TPSA) is 93.2 Å². The van der Waals surface area contributed by atoms with Crippen molar-refractivity contribution in [1.82, 2.24) is 24.8 Å². The zero-order valence-corrected chi connectivity index (χ0v) is 38.8. The monoisotopic (exact) mass is 860 g/mol. The molecular weight excluding hydrogens is 799 g/mol. The second-order valence-corrected chi connectivity index (χ2v) is 25.7. The minimum absolute atomic E-state index is 0.0485. The molecule has 10 nitrogen and oxygen atoms in total. The van der Waals surface area contributed by atoms with Crippen LogP contribution >= 0.6 is 11.8 Å². The van der Waals surface area contributed by atoms with Gasteiger partial charge in [0.1, 0.15) is 41.2 Å². The van der Waals surface area contributed by atoms with Gasteiger partial charge in [0.05, 0.1) is 23.0 Å². The van der Waals surface area contributed by atoms with Crippen molar-refractivity contribution in [3.8, 4) is 23.0 Å². The van der Waals surface area contributed by atoms with Crippen LogP contribution in [0, 0.1) is 5.82 Å². The lowest BCUT2D eigenvalue weighted by atomic mass is 9.95. The molecule has 4 aromatic rings. The number of amides is 1. The number of piperazine rings is 1. The third-order valence-corrected chi connectivity index (χ3v) is 20.4. The average Bonchev–Trinajstić information content (AvgIpc) is 3.80.